The van der Waals surface area contributed by atoms with Crippen molar-refractivity contribution in [2.75, 3.05) is 11.9 Å². The second-order valence-electron chi connectivity index (χ2n) is 5.40. The van der Waals surface area contributed by atoms with Crippen molar-refractivity contribution in [3.8, 4) is 0 Å². The lowest BCUT2D eigenvalue weighted by Gasteiger charge is -2.10. The van der Waals surface area contributed by atoms with Crippen molar-refractivity contribution < 1.29 is 19.1 Å². The summed E-state index contributed by atoms with van der Waals surface area (Å²) in [6.07, 6.45) is 1.47. The van der Waals surface area contributed by atoms with E-state index >= 15 is 0 Å². The molecule has 0 aliphatic rings. The number of halogens is 2. The van der Waals surface area contributed by atoms with Crippen molar-refractivity contribution in [3.05, 3.63) is 69.3 Å². The third-order valence-corrected chi connectivity index (χ3v) is 3.99. The van der Waals surface area contributed by atoms with Gasteiger partial charge in [0.25, 0.3) is 5.91 Å². The van der Waals surface area contributed by atoms with Crippen LogP contribution < -0.4 is 10.6 Å². The van der Waals surface area contributed by atoms with E-state index < -0.39 is 24.4 Å². The largest absolute Gasteiger partial charge is 0.451 e. The van der Waals surface area contributed by atoms with Crippen LogP contribution in [-0.4, -0.2) is 24.4 Å². The SMILES string of the molecule is CC(=O)N/C(=C\c1ccccc1)C(=O)OCC(=O)Nc1ccc(Br)cc1Cl. The van der Waals surface area contributed by atoms with E-state index in [1.165, 1.54) is 13.0 Å². The molecule has 27 heavy (non-hydrogen) atoms. The molecule has 0 fully saturated rings. The van der Waals surface area contributed by atoms with E-state index in [0.29, 0.717) is 16.3 Å². The lowest BCUT2D eigenvalue weighted by molar-refractivity contribution is -0.144. The van der Waals surface area contributed by atoms with Crippen molar-refractivity contribution in [1.82, 2.24) is 5.32 Å². The minimum Gasteiger partial charge on any atom is -0.451 e. The number of ether oxygens (including phenoxy) is 1. The molecule has 6 nitrogen and oxygen atoms in total. The maximum atomic E-state index is 12.2. The molecule has 0 saturated carbocycles. The van der Waals surface area contributed by atoms with Crippen molar-refractivity contribution in [2.24, 2.45) is 0 Å². The summed E-state index contributed by atoms with van der Waals surface area (Å²) in [5.74, 6) is -1.82. The van der Waals surface area contributed by atoms with Gasteiger partial charge in [0.2, 0.25) is 5.91 Å². The topological polar surface area (TPSA) is 84.5 Å². The van der Waals surface area contributed by atoms with Crippen LogP contribution in [0, 0.1) is 0 Å². The van der Waals surface area contributed by atoms with Crippen LogP contribution in [-0.2, 0) is 19.1 Å². The maximum Gasteiger partial charge on any atom is 0.355 e. The first kappa shape index (κ1) is 20.7. The molecular formula is C19H16BrClN2O4. The summed E-state index contributed by atoms with van der Waals surface area (Å²) in [6.45, 7) is 0.741. The number of hydrogen-bond donors (Lipinski definition) is 2. The summed E-state index contributed by atoms with van der Waals surface area (Å²) in [4.78, 5) is 35.6. The van der Waals surface area contributed by atoms with Crippen LogP contribution in [0.5, 0.6) is 0 Å². The van der Waals surface area contributed by atoms with Gasteiger partial charge in [-0.3, -0.25) is 9.59 Å². The van der Waals surface area contributed by atoms with Gasteiger partial charge in [0.05, 0.1) is 10.7 Å². The van der Waals surface area contributed by atoms with Gasteiger partial charge >= 0.3 is 5.97 Å². The monoisotopic (exact) mass is 450 g/mol. The normalized spacial score (nSPS) is 10.9. The molecule has 2 N–H and O–H groups in total. The molecule has 140 valence electrons. The Morgan fingerprint density at radius 2 is 1.85 bits per heavy atom. The predicted molar refractivity (Wildman–Crippen MR) is 107 cm³/mol. The Hall–Kier alpha value is -2.64. The fraction of sp³-hybridized carbons (Fsp3) is 0.105. The molecule has 0 atom stereocenters. The van der Waals surface area contributed by atoms with Gasteiger partial charge in [0.1, 0.15) is 5.70 Å². The Morgan fingerprint density at radius 1 is 1.15 bits per heavy atom. The number of carbonyl (C=O) groups is 3. The number of rotatable bonds is 6. The highest BCUT2D eigenvalue weighted by atomic mass is 79.9. The van der Waals surface area contributed by atoms with Crippen LogP contribution in [0.1, 0.15) is 12.5 Å². The Bertz CT molecular complexity index is 885. The van der Waals surface area contributed by atoms with Crippen LogP contribution in [0.3, 0.4) is 0 Å². The zero-order valence-electron chi connectivity index (χ0n) is 14.3. The number of amides is 2. The number of carbonyl (C=O) groups excluding carboxylic acids is 3. The lowest BCUT2D eigenvalue weighted by atomic mass is 10.2. The lowest BCUT2D eigenvalue weighted by Crippen LogP contribution is -2.28. The summed E-state index contributed by atoms with van der Waals surface area (Å²) in [7, 11) is 0. The molecule has 0 saturated heterocycles. The highest BCUT2D eigenvalue weighted by molar-refractivity contribution is 9.10. The minimum atomic E-state index is -0.828. The highest BCUT2D eigenvalue weighted by Gasteiger charge is 2.15. The molecule has 0 aliphatic carbocycles. The molecule has 0 unspecified atom stereocenters. The molecule has 0 heterocycles. The molecule has 2 rings (SSSR count). The molecular weight excluding hydrogens is 436 g/mol. The number of esters is 1. The molecule has 0 aliphatic heterocycles. The van der Waals surface area contributed by atoms with Gasteiger partial charge in [-0.25, -0.2) is 4.79 Å². The molecule has 0 spiro atoms. The zero-order chi connectivity index (χ0) is 19.8. The summed E-state index contributed by atoms with van der Waals surface area (Å²) in [5.41, 5.74) is 1.02. The minimum absolute atomic E-state index is 0.0665. The van der Waals surface area contributed by atoms with Crippen molar-refractivity contribution in [2.45, 2.75) is 6.92 Å². The quantitative estimate of drug-likeness (QED) is 0.517. The van der Waals surface area contributed by atoms with Crippen LogP contribution in [0.2, 0.25) is 5.02 Å². The summed E-state index contributed by atoms with van der Waals surface area (Å²) < 4.78 is 5.76. The first-order valence-electron chi connectivity index (χ1n) is 7.81. The highest BCUT2D eigenvalue weighted by Crippen LogP contribution is 2.25. The number of hydrogen-bond acceptors (Lipinski definition) is 4. The van der Waals surface area contributed by atoms with Gasteiger partial charge in [-0.05, 0) is 29.8 Å². The molecule has 2 aromatic carbocycles. The summed E-state index contributed by atoms with van der Waals surface area (Å²) in [5, 5.41) is 5.29. The average molecular weight is 452 g/mol. The molecule has 2 aromatic rings. The third-order valence-electron chi connectivity index (χ3n) is 3.18. The van der Waals surface area contributed by atoms with Gasteiger partial charge in [-0.2, -0.15) is 0 Å². The van der Waals surface area contributed by atoms with E-state index in [9.17, 15) is 14.4 Å². The second kappa shape index (κ2) is 9.89. The first-order valence-corrected chi connectivity index (χ1v) is 8.98. The molecule has 0 bridgehead atoms. The van der Waals surface area contributed by atoms with E-state index in [0.717, 1.165) is 4.47 Å². The van der Waals surface area contributed by atoms with Gasteiger partial charge in [0.15, 0.2) is 6.61 Å². The number of benzene rings is 2. The van der Waals surface area contributed by atoms with Crippen molar-refractivity contribution >= 4 is 57.1 Å². The fourth-order valence-electron chi connectivity index (χ4n) is 2.04. The average Bonchev–Trinajstić information content (AvgIpc) is 2.62. The first-order chi connectivity index (χ1) is 12.8. The Morgan fingerprint density at radius 3 is 2.48 bits per heavy atom. The van der Waals surface area contributed by atoms with Gasteiger partial charge in [-0.1, -0.05) is 57.9 Å². The van der Waals surface area contributed by atoms with E-state index in [2.05, 4.69) is 26.6 Å². The number of nitrogens with one attached hydrogen (secondary N) is 2. The third kappa shape index (κ3) is 6.88. The molecule has 2 amide bonds. The predicted octanol–water partition coefficient (Wildman–Crippen LogP) is 3.76. The van der Waals surface area contributed by atoms with Gasteiger partial charge in [-0.15, -0.1) is 0 Å². The van der Waals surface area contributed by atoms with Crippen molar-refractivity contribution in [3.63, 3.8) is 0 Å². The number of anilines is 1. The Balaban J connectivity index is 2.01. The van der Waals surface area contributed by atoms with E-state index in [-0.39, 0.29) is 5.70 Å². The Kier molecular flexibility index (Phi) is 7.57. The molecule has 0 aromatic heterocycles. The fourth-order valence-corrected chi connectivity index (χ4v) is 2.76. The van der Waals surface area contributed by atoms with E-state index in [4.69, 9.17) is 16.3 Å². The van der Waals surface area contributed by atoms with Crippen LogP contribution in [0.25, 0.3) is 6.08 Å². The standard InChI is InChI=1S/C19H16BrClN2O4/c1-12(24)22-17(9-13-5-3-2-4-6-13)19(26)27-11-18(25)23-16-8-7-14(20)10-15(16)21/h2-10H,11H2,1H3,(H,22,24)(H,23,25)/b17-9-. The van der Waals surface area contributed by atoms with Gasteiger partial charge < -0.3 is 15.4 Å². The second-order valence-corrected chi connectivity index (χ2v) is 6.72. The van der Waals surface area contributed by atoms with Crippen molar-refractivity contribution in [1.29, 1.82) is 0 Å². The smallest absolute Gasteiger partial charge is 0.355 e. The van der Waals surface area contributed by atoms with Crippen LogP contribution >= 0.6 is 27.5 Å². The molecule has 8 heteroatoms. The summed E-state index contributed by atoms with van der Waals surface area (Å²) in [6, 6.07) is 13.9. The summed E-state index contributed by atoms with van der Waals surface area (Å²) >= 11 is 9.29. The zero-order valence-corrected chi connectivity index (χ0v) is 16.6. The Labute approximate surface area is 169 Å². The maximum absolute atomic E-state index is 12.2. The van der Waals surface area contributed by atoms with E-state index in [1.54, 1.807) is 42.5 Å². The van der Waals surface area contributed by atoms with Gasteiger partial charge in [0, 0.05) is 11.4 Å². The van der Waals surface area contributed by atoms with E-state index in [1.807, 2.05) is 6.07 Å². The van der Waals surface area contributed by atoms with Crippen LogP contribution in [0.15, 0.2) is 58.7 Å². The van der Waals surface area contributed by atoms with Crippen LogP contribution in [0.4, 0.5) is 5.69 Å². The molecule has 0 radical (unpaired) electrons.